The molecule has 2 N–H and O–H groups in total. The van der Waals surface area contributed by atoms with Crippen LogP contribution in [0.1, 0.15) is 6.42 Å². The summed E-state index contributed by atoms with van der Waals surface area (Å²) in [6.45, 7) is 0.694. The highest BCUT2D eigenvalue weighted by Gasteiger charge is 2.31. The number of methoxy groups -OCH3 is 2. The molecule has 0 spiro atoms. The molecule has 120 valence electrons. The highest BCUT2D eigenvalue weighted by atomic mass is 16.6. The molecule has 0 aromatic heterocycles. The van der Waals surface area contributed by atoms with Gasteiger partial charge in [-0.15, -0.1) is 0 Å². The fourth-order valence-electron chi connectivity index (χ4n) is 1.84. The third kappa shape index (κ3) is 5.20. The molecule has 1 rings (SSSR count). The highest BCUT2D eigenvalue weighted by Crippen LogP contribution is 2.07. The minimum atomic E-state index is -1.14. The largest absolute Gasteiger partial charge is 0.480 e. The Balaban J connectivity index is 2.56. The van der Waals surface area contributed by atoms with Gasteiger partial charge in [0.2, 0.25) is 0 Å². The van der Waals surface area contributed by atoms with E-state index in [0.29, 0.717) is 0 Å². The molecule has 0 aliphatic carbocycles. The molecular formula is C12H20N2O7. The van der Waals surface area contributed by atoms with Gasteiger partial charge in [-0.1, -0.05) is 0 Å². The zero-order valence-corrected chi connectivity index (χ0v) is 12.0. The van der Waals surface area contributed by atoms with E-state index in [4.69, 9.17) is 14.6 Å². The second-order valence-electron chi connectivity index (χ2n) is 4.45. The van der Waals surface area contributed by atoms with Crippen molar-refractivity contribution < 1.29 is 33.7 Å². The Morgan fingerprint density at radius 1 is 1.43 bits per heavy atom. The summed E-state index contributed by atoms with van der Waals surface area (Å²) in [5.74, 6) is -1.71. The zero-order chi connectivity index (χ0) is 15.8. The number of morpholine rings is 1. The van der Waals surface area contributed by atoms with Crippen molar-refractivity contribution in [3.8, 4) is 0 Å². The average Bonchev–Trinajstić information content (AvgIpc) is 2.50. The van der Waals surface area contributed by atoms with Crippen LogP contribution in [0.2, 0.25) is 0 Å². The van der Waals surface area contributed by atoms with Crippen LogP contribution in [-0.4, -0.2) is 80.6 Å². The van der Waals surface area contributed by atoms with E-state index in [1.54, 1.807) is 0 Å². The predicted octanol–water partition coefficient (Wildman–Crippen LogP) is -0.940. The number of ether oxygens (including phenoxy) is 3. The molecule has 1 aliphatic heterocycles. The van der Waals surface area contributed by atoms with Crippen LogP contribution in [0, 0.1) is 0 Å². The first kappa shape index (κ1) is 17.2. The number of rotatable bonds is 6. The number of carboxylic acid groups (broad SMARTS) is 1. The molecule has 2 atom stereocenters. The number of carbonyl (C=O) groups is 3. The monoisotopic (exact) mass is 304 g/mol. The average molecular weight is 304 g/mol. The molecule has 1 saturated heterocycles. The summed E-state index contributed by atoms with van der Waals surface area (Å²) in [5, 5.41) is 11.4. The minimum Gasteiger partial charge on any atom is -0.480 e. The Hall–Kier alpha value is -1.87. The summed E-state index contributed by atoms with van der Waals surface area (Å²) < 4.78 is 14.6. The van der Waals surface area contributed by atoms with E-state index in [-0.39, 0.29) is 32.7 Å². The minimum absolute atomic E-state index is 0.0229. The van der Waals surface area contributed by atoms with Crippen LogP contribution in [0.3, 0.4) is 0 Å². The van der Waals surface area contributed by atoms with E-state index in [9.17, 15) is 14.4 Å². The van der Waals surface area contributed by atoms with E-state index in [0.717, 1.165) is 0 Å². The fourth-order valence-corrected chi connectivity index (χ4v) is 1.84. The van der Waals surface area contributed by atoms with E-state index < -0.39 is 30.1 Å². The predicted molar refractivity (Wildman–Crippen MR) is 69.8 cm³/mol. The summed E-state index contributed by atoms with van der Waals surface area (Å²) in [6, 6.07) is -1.60. The molecular weight excluding hydrogens is 284 g/mol. The lowest BCUT2D eigenvalue weighted by Gasteiger charge is -2.32. The van der Waals surface area contributed by atoms with Crippen molar-refractivity contribution in [1.82, 2.24) is 10.2 Å². The van der Waals surface area contributed by atoms with Crippen molar-refractivity contribution in [2.24, 2.45) is 0 Å². The number of carboxylic acids is 1. The smallest absolute Gasteiger partial charge is 0.336 e. The lowest BCUT2D eigenvalue weighted by Crippen LogP contribution is -2.55. The van der Waals surface area contributed by atoms with Crippen molar-refractivity contribution in [2.75, 3.05) is 40.5 Å². The van der Waals surface area contributed by atoms with Crippen LogP contribution in [0.5, 0.6) is 0 Å². The van der Waals surface area contributed by atoms with Gasteiger partial charge in [0.05, 0.1) is 20.3 Å². The number of carbonyl (C=O) groups excluding carboxylic acids is 2. The zero-order valence-electron chi connectivity index (χ0n) is 12.0. The van der Waals surface area contributed by atoms with Crippen molar-refractivity contribution in [2.45, 2.75) is 18.6 Å². The molecule has 1 aliphatic rings. The second kappa shape index (κ2) is 8.42. The Morgan fingerprint density at radius 2 is 2.14 bits per heavy atom. The van der Waals surface area contributed by atoms with Crippen LogP contribution < -0.4 is 5.32 Å². The molecule has 21 heavy (non-hydrogen) atoms. The van der Waals surface area contributed by atoms with Crippen molar-refractivity contribution in [1.29, 1.82) is 0 Å². The maximum Gasteiger partial charge on any atom is 0.336 e. The summed E-state index contributed by atoms with van der Waals surface area (Å²) in [7, 11) is 2.68. The molecule has 1 fully saturated rings. The van der Waals surface area contributed by atoms with E-state index >= 15 is 0 Å². The number of nitrogens with zero attached hydrogens (tertiary/aromatic N) is 1. The summed E-state index contributed by atoms with van der Waals surface area (Å²) in [4.78, 5) is 35.8. The summed E-state index contributed by atoms with van der Waals surface area (Å²) in [5.41, 5.74) is 0. The van der Waals surface area contributed by atoms with E-state index in [2.05, 4.69) is 10.1 Å². The maximum atomic E-state index is 12.0. The molecule has 9 nitrogen and oxygen atoms in total. The standard InChI is InChI=1S/C12H20N2O7/c1-19-5-3-8(10(15)16)13-12(18)14-4-6-21-9(7-14)11(17)20-2/h8-9H,3-7H2,1-2H3,(H,13,18)(H,15,16). The van der Waals surface area contributed by atoms with Gasteiger partial charge in [0.1, 0.15) is 6.04 Å². The van der Waals surface area contributed by atoms with Gasteiger partial charge in [-0.3, -0.25) is 0 Å². The molecule has 9 heteroatoms. The van der Waals surface area contributed by atoms with Gasteiger partial charge in [-0.2, -0.15) is 0 Å². The number of esters is 1. The van der Waals surface area contributed by atoms with Crippen LogP contribution in [0.25, 0.3) is 0 Å². The number of urea groups is 1. The number of nitrogens with one attached hydrogen (secondary N) is 1. The van der Waals surface area contributed by atoms with Gasteiger partial charge < -0.3 is 29.5 Å². The maximum absolute atomic E-state index is 12.0. The third-order valence-electron chi connectivity index (χ3n) is 3.02. The first-order chi connectivity index (χ1) is 9.99. The number of hydrogen-bond donors (Lipinski definition) is 2. The Labute approximate surface area is 122 Å². The number of aliphatic carboxylic acids is 1. The van der Waals surface area contributed by atoms with Gasteiger partial charge in [0.15, 0.2) is 6.10 Å². The molecule has 0 aromatic carbocycles. The number of amides is 2. The SMILES string of the molecule is COCCC(NC(=O)N1CCOC(C(=O)OC)C1)C(=O)O. The molecule has 0 saturated carbocycles. The lowest BCUT2D eigenvalue weighted by atomic mass is 10.2. The van der Waals surface area contributed by atoms with Crippen LogP contribution in [-0.2, 0) is 23.8 Å². The van der Waals surface area contributed by atoms with Gasteiger partial charge in [-0.05, 0) is 0 Å². The van der Waals surface area contributed by atoms with Gasteiger partial charge in [-0.25, -0.2) is 14.4 Å². The van der Waals surface area contributed by atoms with Crippen molar-refractivity contribution >= 4 is 18.0 Å². The first-order valence-corrected chi connectivity index (χ1v) is 6.46. The van der Waals surface area contributed by atoms with Crippen LogP contribution in [0.4, 0.5) is 4.79 Å². The van der Waals surface area contributed by atoms with Crippen LogP contribution in [0.15, 0.2) is 0 Å². The quantitative estimate of drug-likeness (QED) is 0.609. The van der Waals surface area contributed by atoms with Gasteiger partial charge in [0.25, 0.3) is 0 Å². The molecule has 0 radical (unpaired) electrons. The molecule has 1 heterocycles. The third-order valence-corrected chi connectivity index (χ3v) is 3.02. The van der Waals surface area contributed by atoms with Crippen molar-refractivity contribution in [3.05, 3.63) is 0 Å². The molecule has 2 unspecified atom stereocenters. The second-order valence-corrected chi connectivity index (χ2v) is 4.45. The Kier molecular flexibility index (Phi) is 6.89. The molecule has 0 bridgehead atoms. The number of hydrogen-bond acceptors (Lipinski definition) is 6. The lowest BCUT2D eigenvalue weighted by molar-refractivity contribution is -0.158. The van der Waals surface area contributed by atoms with Crippen LogP contribution >= 0.6 is 0 Å². The van der Waals surface area contributed by atoms with E-state index in [1.807, 2.05) is 0 Å². The normalized spacial score (nSPS) is 19.7. The highest BCUT2D eigenvalue weighted by molar-refractivity contribution is 5.83. The topological polar surface area (TPSA) is 114 Å². The Bertz CT molecular complexity index is 388. The van der Waals surface area contributed by atoms with Crippen molar-refractivity contribution in [3.63, 3.8) is 0 Å². The Morgan fingerprint density at radius 3 is 2.71 bits per heavy atom. The fraction of sp³-hybridized carbons (Fsp3) is 0.750. The van der Waals surface area contributed by atoms with Gasteiger partial charge in [0, 0.05) is 26.7 Å². The first-order valence-electron chi connectivity index (χ1n) is 6.46. The molecule has 2 amide bonds. The summed E-state index contributed by atoms with van der Waals surface area (Å²) in [6.07, 6.45) is -0.695. The molecule has 0 aromatic rings. The van der Waals surface area contributed by atoms with Gasteiger partial charge >= 0.3 is 18.0 Å². The van der Waals surface area contributed by atoms with E-state index in [1.165, 1.54) is 19.1 Å². The summed E-state index contributed by atoms with van der Waals surface area (Å²) >= 11 is 0.